The summed E-state index contributed by atoms with van der Waals surface area (Å²) in [6.07, 6.45) is 6.90. The van der Waals surface area contributed by atoms with Gasteiger partial charge in [0.25, 0.3) is 0 Å². The van der Waals surface area contributed by atoms with Crippen LogP contribution in [-0.4, -0.2) is 30.7 Å². The highest BCUT2D eigenvalue weighted by atomic mass is 32.2. The van der Waals surface area contributed by atoms with Crippen molar-refractivity contribution in [1.29, 1.82) is 0 Å². The lowest BCUT2D eigenvalue weighted by Gasteiger charge is -2.07. The highest BCUT2D eigenvalue weighted by molar-refractivity contribution is 7.99. The van der Waals surface area contributed by atoms with E-state index in [2.05, 4.69) is 24.9 Å². The molecule has 2 fully saturated rings. The topological polar surface area (TPSA) is 69.6 Å². The van der Waals surface area contributed by atoms with Gasteiger partial charge in [0, 0.05) is 24.1 Å². The third kappa shape index (κ3) is 3.37. The number of thioether (sulfide) groups is 1. The summed E-state index contributed by atoms with van der Waals surface area (Å²) in [7, 11) is 0. The van der Waals surface area contributed by atoms with Crippen LogP contribution in [0.2, 0.25) is 0 Å². The van der Waals surface area contributed by atoms with Gasteiger partial charge in [-0.3, -0.25) is 0 Å². The van der Waals surface area contributed by atoms with E-state index in [-0.39, 0.29) is 0 Å². The number of aryl methyl sites for hydroxylation is 1. The molecule has 0 unspecified atom stereocenters. The molecule has 2 saturated carbocycles. The van der Waals surface area contributed by atoms with E-state index in [0.717, 1.165) is 28.6 Å². The highest BCUT2D eigenvalue weighted by Crippen LogP contribution is 2.46. The first-order valence-electron chi connectivity index (χ1n) is 8.82. The van der Waals surface area contributed by atoms with Gasteiger partial charge in [0.05, 0.1) is 4.88 Å². The van der Waals surface area contributed by atoms with Crippen molar-refractivity contribution in [2.75, 3.05) is 5.75 Å². The fraction of sp³-hybridized carbons (Fsp3) is 0.529. The zero-order valence-electron chi connectivity index (χ0n) is 13.8. The molecule has 5 rings (SSSR count). The van der Waals surface area contributed by atoms with Gasteiger partial charge in [-0.05, 0) is 43.6 Å². The zero-order valence-corrected chi connectivity index (χ0v) is 15.4. The van der Waals surface area contributed by atoms with Gasteiger partial charge in [0.15, 0.2) is 5.16 Å². The lowest BCUT2D eigenvalue weighted by Crippen LogP contribution is -2.02. The standard InChI is InChI=1S/C17H19N5OS2/c1-3-13(24-9-1)15-18-14(23-21-15)4-2-10-25-17-20-19-16(11-5-6-11)22(17)12-7-8-12/h1,3,9,11-12H,2,4-8,10H2. The number of hydrogen-bond acceptors (Lipinski definition) is 7. The fourth-order valence-electron chi connectivity index (χ4n) is 2.93. The summed E-state index contributed by atoms with van der Waals surface area (Å²) in [5.41, 5.74) is 0. The zero-order chi connectivity index (χ0) is 16.6. The summed E-state index contributed by atoms with van der Waals surface area (Å²) in [5.74, 6) is 4.29. The van der Waals surface area contributed by atoms with Crippen LogP contribution in [0.25, 0.3) is 10.7 Å². The van der Waals surface area contributed by atoms with Gasteiger partial charge in [-0.1, -0.05) is 23.0 Å². The van der Waals surface area contributed by atoms with E-state index in [4.69, 9.17) is 4.52 Å². The molecule has 0 saturated heterocycles. The molecular weight excluding hydrogens is 354 g/mol. The lowest BCUT2D eigenvalue weighted by atomic mass is 10.3. The van der Waals surface area contributed by atoms with Crippen molar-refractivity contribution in [3.05, 3.63) is 29.2 Å². The Balaban J connectivity index is 1.17. The molecule has 6 nitrogen and oxygen atoms in total. The summed E-state index contributed by atoms with van der Waals surface area (Å²) in [4.78, 5) is 5.53. The van der Waals surface area contributed by atoms with Crippen LogP contribution in [0.1, 0.15) is 55.8 Å². The van der Waals surface area contributed by atoms with Gasteiger partial charge in [-0.25, -0.2) is 0 Å². The Morgan fingerprint density at radius 1 is 1.24 bits per heavy atom. The van der Waals surface area contributed by atoms with E-state index < -0.39 is 0 Å². The van der Waals surface area contributed by atoms with Gasteiger partial charge in [0.1, 0.15) is 5.82 Å². The van der Waals surface area contributed by atoms with Crippen molar-refractivity contribution < 1.29 is 4.52 Å². The molecule has 25 heavy (non-hydrogen) atoms. The predicted octanol–water partition coefficient (Wildman–Crippen LogP) is 4.33. The molecule has 0 bridgehead atoms. The second-order valence-electron chi connectivity index (χ2n) is 6.66. The smallest absolute Gasteiger partial charge is 0.227 e. The van der Waals surface area contributed by atoms with Crippen LogP contribution in [0.5, 0.6) is 0 Å². The molecule has 2 aliphatic rings. The van der Waals surface area contributed by atoms with Crippen LogP contribution in [-0.2, 0) is 6.42 Å². The monoisotopic (exact) mass is 373 g/mol. The van der Waals surface area contributed by atoms with Crippen LogP contribution in [0.4, 0.5) is 0 Å². The second kappa shape index (κ2) is 6.57. The Labute approximate surface area is 154 Å². The van der Waals surface area contributed by atoms with Gasteiger partial charge in [-0.2, -0.15) is 4.98 Å². The largest absolute Gasteiger partial charge is 0.339 e. The maximum atomic E-state index is 5.36. The molecule has 3 aromatic rings. The van der Waals surface area contributed by atoms with E-state index in [1.807, 2.05) is 17.5 Å². The van der Waals surface area contributed by atoms with Crippen molar-refractivity contribution in [2.24, 2.45) is 0 Å². The van der Waals surface area contributed by atoms with E-state index in [9.17, 15) is 0 Å². The Hall–Kier alpha value is -1.67. The van der Waals surface area contributed by atoms with Crippen molar-refractivity contribution in [2.45, 2.75) is 55.6 Å². The molecule has 0 aliphatic heterocycles. The number of aromatic nitrogens is 5. The van der Waals surface area contributed by atoms with Crippen LogP contribution in [0.3, 0.4) is 0 Å². The lowest BCUT2D eigenvalue weighted by molar-refractivity contribution is 0.378. The molecule has 0 radical (unpaired) electrons. The molecule has 3 aromatic heterocycles. The van der Waals surface area contributed by atoms with Crippen LogP contribution in [0, 0.1) is 0 Å². The molecule has 8 heteroatoms. The highest BCUT2D eigenvalue weighted by Gasteiger charge is 2.36. The van der Waals surface area contributed by atoms with Crippen molar-refractivity contribution in [3.63, 3.8) is 0 Å². The summed E-state index contributed by atoms with van der Waals surface area (Å²) in [6.45, 7) is 0. The molecule has 0 N–H and O–H groups in total. The average molecular weight is 374 g/mol. The molecule has 0 atom stereocenters. The Morgan fingerprint density at radius 2 is 2.16 bits per heavy atom. The summed E-state index contributed by atoms with van der Waals surface area (Å²) in [5, 5.41) is 16.1. The molecular formula is C17H19N5OS2. The van der Waals surface area contributed by atoms with E-state index in [0.29, 0.717) is 23.7 Å². The van der Waals surface area contributed by atoms with Gasteiger partial charge in [0.2, 0.25) is 11.7 Å². The minimum absolute atomic E-state index is 0.650. The molecule has 130 valence electrons. The Kier molecular flexibility index (Phi) is 4.09. The molecule has 0 aromatic carbocycles. The van der Waals surface area contributed by atoms with Gasteiger partial charge >= 0.3 is 0 Å². The van der Waals surface area contributed by atoms with E-state index in [1.54, 1.807) is 23.1 Å². The molecule has 3 heterocycles. The van der Waals surface area contributed by atoms with Crippen molar-refractivity contribution in [3.8, 4) is 10.7 Å². The minimum Gasteiger partial charge on any atom is -0.339 e. The number of rotatable bonds is 8. The normalized spacial score (nSPS) is 17.3. The molecule has 2 aliphatic carbocycles. The number of hydrogen-bond donors (Lipinski definition) is 0. The quantitative estimate of drug-likeness (QED) is 0.432. The number of thiophene rings is 1. The first-order chi connectivity index (χ1) is 12.4. The summed E-state index contributed by atoms with van der Waals surface area (Å²) in [6, 6.07) is 4.66. The first kappa shape index (κ1) is 15.6. The maximum Gasteiger partial charge on any atom is 0.227 e. The SMILES string of the molecule is c1csc(-c2noc(CCCSc3nnc(C4CC4)n3C3CC3)n2)c1. The average Bonchev–Trinajstić information content (AvgIpc) is 3.49. The molecule has 0 amide bonds. The summed E-state index contributed by atoms with van der Waals surface area (Å²) < 4.78 is 7.77. The van der Waals surface area contributed by atoms with Gasteiger partial charge in [-0.15, -0.1) is 21.5 Å². The fourth-order valence-corrected chi connectivity index (χ4v) is 4.53. The number of nitrogens with zero attached hydrogens (tertiary/aromatic N) is 5. The minimum atomic E-state index is 0.650. The third-order valence-electron chi connectivity index (χ3n) is 4.52. The first-order valence-corrected chi connectivity index (χ1v) is 10.7. The van der Waals surface area contributed by atoms with Crippen molar-refractivity contribution >= 4 is 23.1 Å². The van der Waals surface area contributed by atoms with E-state index in [1.165, 1.54) is 31.5 Å². The van der Waals surface area contributed by atoms with Crippen molar-refractivity contribution in [1.82, 2.24) is 24.9 Å². The maximum absolute atomic E-state index is 5.36. The second-order valence-corrected chi connectivity index (χ2v) is 8.67. The predicted molar refractivity (Wildman–Crippen MR) is 96.9 cm³/mol. The van der Waals surface area contributed by atoms with Gasteiger partial charge < -0.3 is 9.09 Å². The van der Waals surface area contributed by atoms with E-state index >= 15 is 0 Å². The van der Waals surface area contributed by atoms with Crippen LogP contribution < -0.4 is 0 Å². The third-order valence-corrected chi connectivity index (χ3v) is 6.42. The van der Waals surface area contributed by atoms with Crippen LogP contribution >= 0.6 is 23.1 Å². The summed E-state index contributed by atoms with van der Waals surface area (Å²) >= 11 is 3.43. The Morgan fingerprint density at radius 3 is 2.92 bits per heavy atom. The van der Waals surface area contributed by atoms with Crippen LogP contribution in [0.15, 0.2) is 27.2 Å². The molecule has 0 spiro atoms. The Bertz CT molecular complexity index is 848.